The predicted molar refractivity (Wildman–Crippen MR) is 59.7 cm³/mol. The number of hydrogen-bond acceptors (Lipinski definition) is 3. The SMILES string of the molecule is CCO.CCOC[C@@H]1CCCN1C(C)=O. The summed E-state index contributed by atoms with van der Waals surface area (Å²) in [6, 6.07) is 0.336. The molecule has 0 aromatic carbocycles. The normalized spacial score (nSPS) is 19.7. The summed E-state index contributed by atoms with van der Waals surface area (Å²) in [5, 5.41) is 7.57. The minimum Gasteiger partial charge on any atom is -0.397 e. The third-order valence-corrected chi connectivity index (χ3v) is 2.30. The lowest BCUT2D eigenvalue weighted by molar-refractivity contribution is -0.130. The molecule has 0 aliphatic carbocycles. The Morgan fingerprint density at radius 3 is 2.60 bits per heavy atom. The number of rotatable bonds is 3. The van der Waals surface area contributed by atoms with Gasteiger partial charge in [-0.1, -0.05) is 0 Å². The smallest absolute Gasteiger partial charge is 0.219 e. The highest BCUT2D eigenvalue weighted by Gasteiger charge is 2.25. The van der Waals surface area contributed by atoms with Crippen LogP contribution < -0.4 is 0 Å². The van der Waals surface area contributed by atoms with Crippen molar-refractivity contribution >= 4 is 5.91 Å². The van der Waals surface area contributed by atoms with Gasteiger partial charge in [-0.05, 0) is 26.7 Å². The number of carbonyl (C=O) groups excluding carboxylic acids is 1. The molecule has 0 unspecified atom stereocenters. The maximum Gasteiger partial charge on any atom is 0.219 e. The van der Waals surface area contributed by atoms with E-state index in [0.29, 0.717) is 12.6 Å². The van der Waals surface area contributed by atoms with Crippen molar-refractivity contribution in [2.75, 3.05) is 26.4 Å². The first kappa shape index (κ1) is 14.4. The molecule has 90 valence electrons. The van der Waals surface area contributed by atoms with E-state index in [0.717, 1.165) is 26.0 Å². The molecular weight excluding hydrogens is 194 g/mol. The molecular formula is C11H23NO3. The van der Waals surface area contributed by atoms with E-state index in [-0.39, 0.29) is 12.5 Å². The molecule has 4 nitrogen and oxygen atoms in total. The summed E-state index contributed by atoms with van der Waals surface area (Å²) in [6.45, 7) is 7.89. The van der Waals surface area contributed by atoms with Crippen LogP contribution in [0.15, 0.2) is 0 Å². The highest BCUT2D eigenvalue weighted by molar-refractivity contribution is 5.73. The highest BCUT2D eigenvalue weighted by atomic mass is 16.5. The Balaban J connectivity index is 0.000000583. The number of nitrogens with zero attached hydrogens (tertiary/aromatic N) is 1. The van der Waals surface area contributed by atoms with Crippen LogP contribution in [-0.2, 0) is 9.53 Å². The molecule has 1 N–H and O–H groups in total. The lowest BCUT2D eigenvalue weighted by Gasteiger charge is -2.22. The van der Waals surface area contributed by atoms with Crippen molar-refractivity contribution in [2.24, 2.45) is 0 Å². The molecule has 1 rings (SSSR count). The lowest BCUT2D eigenvalue weighted by Crippen LogP contribution is -2.36. The van der Waals surface area contributed by atoms with Crippen molar-refractivity contribution in [3.05, 3.63) is 0 Å². The number of aliphatic hydroxyl groups excluding tert-OH is 1. The summed E-state index contributed by atoms with van der Waals surface area (Å²) in [5.41, 5.74) is 0. The van der Waals surface area contributed by atoms with Gasteiger partial charge >= 0.3 is 0 Å². The van der Waals surface area contributed by atoms with Gasteiger partial charge in [0.25, 0.3) is 0 Å². The minimum atomic E-state index is 0.178. The number of aliphatic hydroxyl groups is 1. The molecule has 0 aromatic rings. The first-order chi connectivity index (χ1) is 7.17. The Kier molecular flexibility index (Phi) is 8.33. The standard InChI is InChI=1S/C9H17NO2.C2H6O/c1-3-12-7-9-5-4-6-10(9)8(2)11;1-2-3/h9H,3-7H2,1-2H3;3H,2H2,1H3/t9-;/m0./s1. The summed E-state index contributed by atoms with van der Waals surface area (Å²) >= 11 is 0. The summed E-state index contributed by atoms with van der Waals surface area (Å²) in [6.07, 6.45) is 2.22. The molecule has 0 radical (unpaired) electrons. The van der Waals surface area contributed by atoms with Gasteiger partial charge < -0.3 is 14.7 Å². The van der Waals surface area contributed by atoms with E-state index in [1.54, 1.807) is 13.8 Å². The second-order valence-electron chi connectivity index (χ2n) is 3.48. The van der Waals surface area contributed by atoms with Gasteiger partial charge in [-0.25, -0.2) is 0 Å². The molecule has 1 fully saturated rings. The fourth-order valence-corrected chi connectivity index (χ4v) is 1.68. The van der Waals surface area contributed by atoms with E-state index in [4.69, 9.17) is 9.84 Å². The van der Waals surface area contributed by atoms with Gasteiger partial charge in [0.05, 0.1) is 12.6 Å². The summed E-state index contributed by atoms with van der Waals surface area (Å²) in [7, 11) is 0. The quantitative estimate of drug-likeness (QED) is 0.768. The van der Waals surface area contributed by atoms with Crippen LogP contribution in [0.3, 0.4) is 0 Å². The summed E-state index contributed by atoms with van der Waals surface area (Å²) < 4.78 is 5.30. The molecule has 1 aliphatic rings. The average Bonchev–Trinajstić information content (AvgIpc) is 2.63. The number of hydrogen-bond donors (Lipinski definition) is 1. The van der Waals surface area contributed by atoms with Crippen LogP contribution in [0.4, 0.5) is 0 Å². The zero-order chi connectivity index (χ0) is 11.7. The zero-order valence-corrected chi connectivity index (χ0v) is 10.0. The van der Waals surface area contributed by atoms with Crippen molar-refractivity contribution in [1.82, 2.24) is 4.90 Å². The van der Waals surface area contributed by atoms with Gasteiger partial charge in [0.2, 0.25) is 5.91 Å². The van der Waals surface area contributed by atoms with E-state index in [9.17, 15) is 4.79 Å². The number of carbonyl (C=O) groups is 1. The molecule has 1 heterocycles. The molecule has 0 aromatic heterocycles. The largest absolute Gasteiger partial charge is 0.397 e. The monoisotopic (exact) mass is 217 g/mol. The van der Waals surface area contributed by atoms with E-state index in [1.165, 1.54) is 0 Å². The first-order valence-corrected chi connectivity index (χ1v) is 5.63. The fraction of sp³-hybridized carbons (Fsp3) is 0.909. The number of ether oxygens (including phenoxy) is 1. The topological polar surface area (TPSA) is 49.8 Å². The fourth-order valence-electron chi connectivity index (χ4n) is 1.68. The van der Waals surface area contributed by atoms with Crippen molar-refractivity contribution in [3.8, 4) is 0 Å². The molecule has 15 heavy (non-hydrogen) atoms. The maximum atomic E-state index is 11.1. The molecule has 0 bridgehead atoms. The van der Waals surface area contributed by atoms with Gasteiger partial charge in [-0.2, -0.15) is 0 Å². The van der Waals surface area contributed by atoms with Gasteiger partial charge in [0, 0.05) is 26.7 Å². The number of amides is 1. The molecule has 0 spiro atoms. The minimum absolute atomic E-state index is 0.178. The van der Waals surface area contributed by atoms with Gasteiger partial charge in [-0.3, -0.25) is 4.79 Å². The van der Waals surface area contributed by atoms with Crippen LogP contribution in [-0.4, -0.2) is 48.3 Å². The van der Waals surface area contributed by atoms with Gasteiger partial charge in [0.1, 0.15) is 0 Å². The molecule has 0 saturated carbocycles. The van der Waals surface area contributed by atoms with Crippen LogP contribution in [0, 0.1) is 0 Å². The predicted octanol–water partition coefficient (Wildman–Crippen LogP) is 1.03. The second-order valence-corrected chi connectivity index (χ2v) is 3.48. The van der Waals surface area contributed by atoms with Crippen LogP contribution in [0.5, 0.6) is 0 Å². The Morgan fingerprint density at radius 2 is 2.13 bits per heavy atom. The molecule has 1 saturated heterocycles. The molecule has 1 atom stereocenters. The third-order valence-electron chi connectivity index (χ3n) is 2.30. The van der Waals surface area contributed by atoms with Crippen LogP contribution in [0.1, 0.15) is 33.6 Å². The van der Waals surface area contributed by atoms with Crippen molar-refractivity contribution in [1.29, 1.82) is 0 Å². The molecule has 1 aliphatic heterocycles. The van der Waals surface area contributed by atoms with Crippen molar-refractivity contribution in [3.63, 3.8) is 0 Å². The van der Waals surface area contributed by atoms with Crippen LogP contribution >= 0.6 is 0 Å². The highest BCUT2D eigenvalue weighted by Crippen LogP contribution is 2.17. The summed E-state index contributed by atoms with van der Waals surface area (Å²) in [4.78, 5) is 13.0. The van der Waals surface area contributed by atoms with Crippen molar-refractivity contribution < 1.29 is 14.6 Å². The molecule has 1 amide bonds. The zero-order valence-electron chi connectivity index (χ0n) is 10.0. The van der Waals surface area contributed by atoms with Crippen LogP contribution in [0.25, 0.3) is 0 Å². The van der Waals surface area contributed by atoms with Crippen LogP contribution in [0.2, 0.25) is 0 Å². The molecule has 4 heteroatoms. The van der Waals surface area contributed by atoms with E-state index >= 15 is 0 Å². The average molecular weight is 217 g/mol. The van der Waals surface area contributed by atoms with Gasteiger partial charge in [-0.15, -0.1) is 0 Å². The lowest BCUT2D eigenvalue weighted by atomic mass is 10.2. The maximum absolute atomic E-state index is 11.1. The van der Waals surface area contributed by atoms with E-state index < -0.39 is 0 Å². The van der Waals surface area contributed by atoms with E-state index in [2.05, 4.69) is 0 Å². The second kappa shape index (κ2) is 8.68. The van der Waals surface area contributed by atoms with Crippen molar-refractivity contribution in [2.45, 2.75) is 39.7 Å². The first-order valence-electron chi connectivity index (χ1n) is 5.63. The third kappa shape index (κ3) is 5.74. The Bertz CT molecular complexity index is 173. The Morgan fingerprint density at radius 1 is 1.53 bits per heavy atom. The Labute approximate surface area is 92.2 Å². The van der Waals surface area contributed by atoms with E-state index in [1.807, 2.05) is 11.8 Å². The Hall–Kier alpha value is -0.610. The number of likely N-dealkylation sites (tertiary alicyclic amines) is 1. The van der Waals surface area contributed by atoms with Gasteiger partial charge in [0.15, 0.2) is 0 Å². The summed E-state index contributed by atoms with van der Waals surface area (Å²) in [5.74, 6) is 0.178.